The molecule has 0 bridgehead atoms. The Morgan fingerprint density at radius 1 is 1.24 bits per heavy atom. The highest BCUT2D eigenvalue weighted by molar-refractivity contribution is 6.30. The molecule has 1 aliphatic rings. The van der Waals surface area contributed by atoms with E-state index in [0.717, 1.165) is 31.4 Å². The zero-order chi connectivity index (χ0) is 14.7. The second-order valence-corrected chi connectivity index (χ2v) is 5.82. The predicted octanol–water partition coefficient (Wildman–Crippen LogP) is 3.41. The first-order valence-electron chi connectivity index (χ1n) is 7.21. The topological polar surface area (TPSA) is 42.0 Å². The molecule has 0 aliphatic heterocycles. The molecular weight excluding hydrogens is 284 g/mol. The molecule has 108 valence electrons. The summed E-state index contributed by atoms with van der Waals surface area (Å²) in [4.78, 5) is 16.7. The number of fused-ring (bicyclic) bond motifs is 1. The number of carbonyl (C=O) groups excluding carboxylic acids is 1. The number of hydrogen-bond donors (Lipinski definition) is 1. The van der Waals surface area contributed by atoms with Crippen LogP contribution in [0.15, 0.2) is 42.6 Å². The fourth-order valence-electron chi connectivity index (χ4n) is 2.75. The third-order valence-electron chi connectivity index (χ3n) is 3.86. The highest BCUT2D eigenvalue weighted by Crippen LogP contribution is 2.19. The minimum absolute atomic E-state index is 0.0453. The molecule has 1 heterocycles. The largest absolute Gasteiger partial charge is 0.349 e. The van der Waals surface area contributed by atoms with Crippen LogP contribution in [0, 0.1) is 0 Å². The normalized spacial score (nSPS) is 17.7. The Kier molecular flexibility index (Phi) is 4.20. The van der Waals surface area contributed by atoms with Crippen LogP contribution in [0.3, 0.4) is 0 Å². The van der Waals surface area contributed by atoms with E-state index in [1.165, 1.54) is 5.56 Å². The Morgan fingerprint density at radius 2 is 2.05 bits per heavy atom. The van der Waals surface area contributed by atoms with E-state index in [0.29, 0.717) is 10.6 Å². The molecule has 0 saturated carbocycles. The van der Waals surface area contributed by atoms with Gasteiger partial charge in [0.2, 0.25) is 0 Å². The second kappa shape index (κ2) is 6.27. The van der Waals surface area contributed by atoms with Gasteiger partial charge in [-0.15, -0.1) is 0 Å². The highest BCUT2D eigenvalue weighted by Gasteiger charge is 2.19. The number of rotatable bonds is 2. The van der Waals surface area contributed by atoms with Crippen molar-refractivity contribution in [2.45, 2.75) is 31.7 Å². The molecule has 1 atom stereocenters. The zero-order valence-corrected chi connectivity index (χ0v) is 12.4. The van der Waals surface area contributed by atoms with Crippen LogP contribution in [0.1, 0.15) is 34.5 Å². The van der Waals surface area contributed by atoms with E-state index in [2.05, 4.69) is 16.4 Å². The van der Waals surface area contributed by atoms with Crippen molar-refractivity contribution in [3.63, 3.8) is 0 Å². The average Bonchev–Trinajstić information content (AvgIpc) is 2.69. The van der Waals surface area contributed by atoms with Crippen LogP contribution in [0.4, 0.5) is 0 Å². The maximum Gasteiger partial charge on any atom is 0.251 e. The van der Waals surface area contributed by atoms with Crippen LogP contribution in [-0.4, -0.2) is 16.9 Å². The van der Waals surface area contributed by atoms with Crippen LogP contribution < -0.4 is 5.32 Å². The summed E-state index contributed by atoms with van der Waals surface area (Å²) in [5.74, 6) is -0.0453. The van der Waals surface area contributed by atoms with Crippen molar-refractivity contribution in [1.29, 1.82) is 0 Å². The first kappa shape index (κ1) is 14.1. The first-order valence-corrected chi connectivity index (χ1v) is 7.59. The van der Waals surface area contributed by atoms with Gasteiger partial charge in [-0.2, -0.15) is 0 Å². The Bertz CT molecular complexity index is 639. The number of halogens is 1. The van der Waals surface area contributed by atoms with Crippen LogP contribution in [0.2, 0.25) is 5.02 Å². The van der Waals surface area contributed by atoms with E-state index in [4.69, 9.17) is 11.6 Å². The molecule has 1 amide bonds. The van der Waals surface area contributed by atoms with Crippen molar-refractivity contribution in [1.82, 2.24) is 10.3 Å². The van der Waals surface area contributed by atoms with Crippen LogP contribution in [0.5, 0.6) is 0 Å². The SMILES string of the molecule is O=C(NC1CCCc2cccnc2C1)c1ccc(Cl)cc1. The monoisotopic (exact) mass is 300 g/mol. The van der Waals surface area contributed by atoms with Gasteiger partial charge in [0.25, 0.3) is 5.91 Å². The number of carbonyl (C=O) groups is 1. The first-order chi connectivity index (χ1) is 10.2. The molecular formula is C17H17ClN2O. The molecule has 2 aromatic rings. The highest BCUT2D eigenvalue weighted by atomic mass is 35.5. The summed E-state index contributed by atoms with van der Waals surface area (Å²) < 4.78 is 0. The molecule has 0 radical (unpaired) electrons. The average molecular weight is 301 g/mol. The number of amides is 1. The summed E-state index contributed by atoms with van der Waals surface area (Å²) in [7, 11) is 0. The van der Waals surface area contributed by atoms with Gasteiger partial charge in [-0.1, -0.05) is 17.7 Å². The van der Waals surface area contributed by atoms with Gasteiger partial charge in [0, 0.05) is 34.9 Å². The van der Waals surface area contributed by atoms with Gasteiger partial charge in [0.05, 0.1) is 0 Å². The van der Waals surface area contributed by atoms with E-state index < -0.39 is 0 Å². The molecule has 21 heavy (non-hydrogen) atoms. The molecule has 0 saturated heterocycles. The molecule has 0 fully saturated rings. The molecule has 4 heteroatoms. The Labute approximate surface area is 129 Å². The Balaban J connectivity index is 1.70. The van der Waals surface area contributed by atoms with Crippen molar-refractivity contribution in [2.24, 2.45) is 0 Å². The van der Waals surface area contributed by atoms with Crippen LogP contribution >= 0.6 is 11.6 Å². The van der Waals surface area contributed by atoms with Crippen molar-refractivity contribution in [3.05, 3.63) is 64.4 Å². The third-order valence-corrected chi connectivity index (χ3v) is 4.12. The Hall–Kier alpha value is -1.87. The minimum Gasteiger partial charge on any atom is -0.349 e. The fraction of sp³-hybridized carbons (Fsp3) is 0.294. The molecule has 1 aromatic carbocycles. The maximum absolute atomic E-state index is 12.3. The standard InChI is InChI=1S/C17H17ClN2O/c18-14-8-6-13(7-9-14)17(21)20-15-5-1-3-12-4-2-10-19-16(12)11-15/h2,4,6-10,15H,1,3,5,11H2,(H,20,21). The number of nitrogens with zero attached hydrogens (tertiary/aromatic N) is 1. The van der Waals surface area contributed by atoms with Gasteiger partial charge >= 0.3 is 0 Å². The van der Waals surface area contributed by atoms with E-state index in [1.54, 1.807) is 24.3 Å². The van der Waals surface area contributed by atoms with E-state index in [1.807, 2.05) is 12.3 Å². The van der Waals surface area contributed by atoms with Gasteiger partial charge in [0.15, 0.2) is 0 Å². The smallest absolute Gasteiger partial charge is 0.251 e. The molecule has 3 rings (SSSR count). The number of nitrogens with one attached hydrogen (secondary N) is 1. The minimum atomic E-state index is -0.0453. The quantitative estimate of drug-likeness (QED) is 0.864. The summed E-state index contributed by atoms with van der Waals surface area (Å²) in [5, 5.41) is 3.75. The van der Waals surface area contributed by atoms with E-state index >= 15 is 0 Å². The van der Waals surface area contributed by atoms with E-state index in [-0.39, 0.29) is 11.9 Å². The van der Waals surface area contributed by atoms with Gasteiger partial charge in [-0.25, -0.2) is 0 Å². The molecule has 1 N–H and O–H groups in total. The molecule has 1 aromatic heterocycles. The zero-order valence-electron chi connectivity index (χ0n) is 11.7. The lowest BCUT2D eigenvalue weighted by Crippen LogP contribution is -2.36. The van der Waals surface area contributed by atoms with Crippen molar-refractivity contribution >= 4 is 17.5 Å². The number of hydrogen-bond acceptors (Lipinski definition) is 2. The molecule has 3 nitrogen and oxygen atoms in total. The second-order valence-electron chi connectivity index (χ2n) is 5.38. The van der Waals surface area contributed by atoms with Gasteiger partial charge in [-0.05, 0) is 55.2 Å². The number of aryl methyl sites for hydroxylation is 1. The predicted molar refractivity (Wildman–Crippen MR) is 83.6 cm³/mol. The van der Waals surface area contributed by atoms with Crippen LogP contribution in [0.25, 0.3) is 0 Å². The van der Waals surface area contributed by atoms with Crippen molar-refractivity contribution < 1.29 is 4.79 Å². The fourth-order valence-corrected chi connectivity index (χ4v) is 2.88. The number of benzene rings is 1. The summed E-state index contributed by atoms with van der Waals surface area (Å²) >= 11 is 5.85. The Morgan fingerprint density at radius 3 is 2.86 bits per heavy atom. The van der Waals surface area contributed by atoms with Crippen molar-refractivity contribution in [2.75, 3.05) is 0 Å². The summed E-state index contributed by atoms with van der Waals surface area (Å²) in [6.07, 6.45) is 5.72. The molecule has 0 spiro atoms. The van der Waals surface area contributed by atoms with Crippen molar-refractivity contribution in [3.8, 4) is 0 Å². The number of pyridine rings is 1. The lowest BCUT2D eigenvalue weighted by molar-refractivity contribution is 0.0935. The molecule has 1 unspecified atom stereocenters. The lowest BCUT2D eigenvalue weighted by atomic mass is 10.1. The third kappa shape index (κ3) is 3.42. The van der Waals surface area contributed by atoms with Crippen LogP contribution in [-0.2, 0) is 12.8 Å². The summed E-state index contributed by atoms with van der Waals surface area (Å²) in [6, 6.07) is 11.2. The lowest BCUT2D eigenvalue weighted by Gasteiger charge is -2.16. The maximum atomic E-state index is 12.3. The van der Waals surface area contributed by atoms with Gasteiger partial charge in [-0.3, -0.25) is 9.78 Å². The molecule has 1 aliphatic carbocycles. The van der Waals surface area contributed by atoms with Gasteiger partial charge < -0.3 is 5.32 Å². The number of aromatic nitrogens is 1. The summed E-state index contributed by atoms with van der Waals surface area (Å²) in [5.41, 5.74) is 3.06. The van der Waals surface area contributed by atoms with Gasteiger partial charge in [0.1, 0.15) is 0 Å². The van der Waals surface area contributed by atoms with E-state index in [9.17, 15) is 4.79 Å². The summed E-state index contributed by atoms with van der Waals surface area (Å²) in [6.45, 7) is 0.